The third-order valence-corrected chi connectivity index (χ3v) is 2.59. The van der Waals surface area contributed by atoms with E-state index >= 15 is 0 Å². The average Bonchev–Trinajstić information content (AvgIpc) is 2.36. The van der Waals surface area contributed by atoms with Crippen LogP contribution in [0, 0.1) is 12.3 Å². The molecule has 90 valence electrons. The molecule has 3 N–H and O–H groups in total. The molecule has 0 aliphatic heterocycles. The Morgan fingerprint density at radius 2 is 1.94 bits per heavy atom. The van der Waals surface area contributed by atoms with Crippen molar-refractivity contribution in [3.05, 3.63) is 29.3 Å². The van der Waals surface area contributed by atoms with Crippen LogP contribution >= 0.6 is 0 Å². The number of anilines is 1. The summed E-state index contributed by atoms with van der Waals surface area (Å²) >= 11 is 0. The monoisotopic (exact) mass is 229 g/mol. The zero-order valence-electron chi connectivity index (χ0n) is 10.5. The van der Waals surface area contributed by atoms with Crippen LogP contribution in [0.4, 0.5) is 5.69 Å². The lowest BCUT2D eigenvalue weighted by molar-refractivity contribution is 1.09. The number of benzene rings is 1. The quantitative estimate of drug-likeness (QED) is 0.472. The predicted molar refractivity (Wildman–Crippen MR) is 74.1 cm³/mol. The highest BCUT2D eigenvalue weighted by Gasteiger charge is 2.06. The summed E-state index contributed by atoms with van der Waals surface area (Å²) < 4.78 is 0. The molecule has 0 saturated carbocycles. The van der Waals surface area contributed by atoms with E-state index in [1.165, 1.54) is 11.1 Å². The van der Waals surface area contributed by atoms with E-state index in [4.69, 9.17) is 12.2 Å². The highest BCUT2D eigenvalue weighted by Crippen LogP contribution is 2.22. The molecule has 3 nitrogen and oxygen atoms in total. The highest BCUT2D eigenvalue weighted by molar-refractivity contribution is 5.94. The molecule has 1 aromatic rings. The minimum Gasteiger partial charge on any atom is -0.370 e. The summed E-state index contributed by atoms with van der Waals surface area (Å²) in [7, 11) is 0. The van der Waals surface area contributed by atoms with Gasteiger partial charge in [-0.1, -0.05) is 38.0 Å². The van der Waals surface area contributed by atoms with Gasteiger partial charge in [0.2, 0.25) is 0 Å². The van der Waals surface area contributed by atoms with Crippen molar-refractivity contribution in [2.45, 2.75) is 26.7 Å². The van der Waals surface area contributed by atoms with Crippen LogP contribution in [0.25, 0.3) is 0 Å². The second-order valence-electron chi connectivity index (χ2n) is 3.69. The van der Waals surface area contributed by atoms with Gasteiger partial charge in [0.05, 0.1) is 0 Å². The van der Waals surface area contributed by atoms with Crippen molar-refractivity contribution in [1.29, 1.82) is 0 Å². The molecule has 0 unspecified atom stereocenters. The van der Waals surface area contributed by atoms with Crippen molar-refractivity contribution < 1.29 is 0 Å². The van der Waals surface area contributed by atoms with Crippen LogP contribution in [0.5, 0.6) is 0 Å². The number of nitrogens with zero attached hydrogens (tertiary/aromatic N) is 1. The Labute approximate surface area is 103 Å². The smallest absolute Gasteiger partial charge is 0.194 e. The van der Waals surface area contributed by atoms with Crippen molar-refractivity contribution in [3.8, 4) is 12.3 Å². The van der Waals surface area contributed by atoms with Gasteiger partial charge in [0, 0.05) is 5.69 Å². The number of hydrogen-bond donors (Lipinski definition) is 2. The fraction of sp³-hybridized carbons (Fsp3) is 0.357. The number of terminal acetylenes is 1. The van der Waals surface area contributed by atoms with Crippen molar-refractivity contribution in [3.63, 3.8) is 0 Å². The van der Waals surface area contributed by atoms with Crippen molar-refractivity contribution in [2.24, 2.45) is 10.7 Å². The van der Waals surface area contributed by atoms with Crippen LogP contribution in [0.2, 0.25) is 0 Å². The van der Waals surface area contributed by atoms with Gasteiger partial charge in [0.25, 0.3) is 0 Å². The van der Waals surface area contributed by atoms with Gasteiger partial charge in [0.1, 0.15) is 6.54 Å². The number of nitrogens with two attached hydrogens (primary N) is 1. The van der Waals surface area contributed by atoms with Gasteiger partial charge in [0.15, 0.2) is 5.96 Å². The minimum absolute atomic E-state index is 0.300. The van der Waals surface area contributed by atoms with E-state index in [1.54, 1.807) is 0 Å². The topological polar surface area (TPSA) is 50.4 Å². The first-order chi connectivity index (χ1) is 8.22. The molecular weight excluding hydrogens is 210 g/mol. The highest BCUT2D eigenvalue weighted by atomic mass is 15.1. The summed E-state index contributed by atoms with van der Waals surface area (Å²) in [5.74, 6) is 2.81. The molecule has 0 fully saturated rings. The summed E-state index contributed by atoms with van der Waals surface area (Å²) in [6.07, 6.45) is 7.06. The Morgan fingerprint density at radius 3 is 2.41 bits per heavy atom. The van der Waals surface area contributed by atoms with Crippen molar-refractivity contribution >= 4 is 11.6 Å². The molecule has 1 rings (SSSR count). The third kappa shape index (κ3) is 3.53. The number of nitrogens with one attached hydrogen (secondary N) is 1. The first-order valence-electron chi connectivity index (χ1n) is 5.84. The fourth-order valence-electron chi connectivity index (χ4n) is 1.70. The number of guanidine groups is 1. The van der Waals surface area contributed by atoms with Gasteiger partial charge in [-0.15, -0.1) is 6.42 Å². The van der Waals surface area contributed by atoms with Gasteiger partial charge in [-0.2, -0.15) is 0 Å². The maximum Gasteiger partial charge on any atom is 0.194 e. The second-order valence-corrected chi connectivity index (χ2v) is 3.69. The zero-order chi connectivity index (χ0) is 12.7. The van der Waals surface area contributed by atoms with Crippen LogP contribution in [0.3, 0.4) is 0 Å². The molecule has 3 heteroatoms. The molecule has 0 atom stereocenters. The predicted octanol–water partition coefficient (Wildman–Crippen LogP) is 2.17. The summed E-state index contributed by atoms with van der Waals surface area (Å²) in [5, 5.41) is 3.15. The molecule has 0 spiro atoms. The van der Waals surface area contributed by atoms with Gasteiger partial charge in [-0.25, -0.2) is 4.99 Å². The third-order valence-electron chi connectivity index (χ3n) is 2.59. The molecular formula is C14H19N3. The molecule has 0 radical (unpaired) electrons. The average molecular weight is 229 g/mol. The number of aliphatic imine (C=N–C) groups is 1. The Morgan fingerprint density at radius 1 is 1.35 bits per heavy atom. The van der Waals surface area contributed by atoms with Crippen LogP contribution in [-0.2, 0) is 12.8 Å². The summed E-state index contributed by atoms with van der Waals surface area (Å²) in [6.45, 7) is 4.54. The van der Waals surface area contributed by atoms with E-state index in [0.29, 0.717) is 12.5 Å². The van der Waals surface area contributed by atoms with E-state index in [2.05, 4.69) is 48.3 Å². The molecule has 0 aromatic heterocycles. The van der Waals surface area contributed by atoms with Crippen LogP contribution in [0.1, 0.15) is 25.0 Å². The van der Waals surface area contributed by atoms with Crippen LogP contribution < -0.4 is 11.1 Å². The van der Waals surface area contributed by atoms with Gasteiger partial charge >= 0.3 is 0 Å². The fourth-order valence-corrected chi connectivity index (χ4v) is 1.70. The molecule has 0 heterocycles. The SMILES string of the molecule is C#CCN=C(N)Nc1c(CC)cccc1CC. The summed E-state index contributed by atoms with van der Waals surface area (Å²) in [6, 6.07) is 6.25. The number of hydrogen-bond acceptors (Lipinski definition) is 1. The maximum absolute atomic E-state index is 5.78. The van der Waals surface area contributed by atoms with Crippen molar-refractivity contribution in [1.82, 2.24) is 0 Å². The lowest BCUT2D eigenvalue weighted by Gasteiger charge is -2.14. The molecule has 0 saturated heterocycles. The first kappa shape index (κ1) is 13.1. The summed E-state index contributed by atoms with van der Waals surface area (Å²) in [5.41, 5.74) is 9.33. The van der Waals surface area contributed by atoms with Gasteiger partial charge < -0.3 is 11.1 Å². The Balaban J connectivity index is 3.00. The lowest BCUT2D eigenvalue weighted by atomic mass is 10.0. The Hall–Kier alpha value is -1.95. The molecule has 0 bridgehead atoms. The molecule has 0 aliphatic rings. The Kier molecular flexibility index (Phi) is 5.09. The van der Waals surface area contributed by atoms with Crippen molar-refractivity contribution in [2.75, 3.05) is 11.9 Å². The first-order valence-corrected chi connectivity index (χ1v) is 5.84. The molecule has 17 heavy (non-hydrogen) atoms. The lowest BCUT2D eigenvalue weighted by Crippen LogP contribution is -2.24. The minimum atomic E-state index is 0.300. The van der Waals surface area contributed by atoms with E-state index in [0.717, 1.165) is 18.5 Å². The number of rotatable bonds is 4. The summed E-state index contributed by atoms with van der Waals surface area (Å²) in [4.78, 5) is 4.04. The van der Waals surface area contributed by atoms with E-state index in [-0.39, 0.29) is 0 Å². The number of aryl methyl sites for hydroxylation is 2. The second kappa shape index (κ2) is 6.59. The molecule has 0 aliphatic carbocycles. The van der Waals surface area contributed by atoms with Crippen LogP contribution in [-0.4, -0.2) is 12.5 Å². The largest absolute Gasteiger partial charge is 0.370 e. The zero-order valence-corrected chi connectivity index (χ0v) is 10.5. The van der Waals surface area contributed by atoms with Gasteiger partial charge in [-0.05, 0) is 24.0 Å². The van der Waals surface area contributed by atoms with Crippen LogP contribution in [0.15, 0.2) is 23.2 Å². The molecule has 0 amide bonds. The number of para-hydroxylation sites is 1. The molecule has 1 aromatic carbocycles. The standard InChI is InChI=1S/C14H19N3/c1-4-10-16-14(15)17-13-11(5-2)8-7-9-12(13)6-3/h1,7-9H,5-6,10H2,2-3H3,(H3,15,16,17). The van der Waals surface area contributed by atoms with E-state index in [1.807, 2.05) is 0 Å². The Bertz CT molecular complexity index is 419. The van der Waals surface area contributed by atoms with E-state index in [9.17, 15) is 0 Å². The maximum atomic E-state index is 5.78. The normalized spacial score (nSPS) is 11.0. The van der Waals surface area contributed by atoms with Gasteiger partial charge in [-0.3, -0.25) is 0 Å². The van der Waals surface area contributed by atoms with E-state index < -0.39 is 0 Å².